The standard InChI is InChI=1S/C24H31N5O2/c1-17(2)11-12-28-22-10-9-19(14-25)13-20(22)26-23(28)15-29(24(31)27(4)16-30)21-8-6-5-7-18(21)3/h5-10,13,16-17H,11-12,14-15,25H2,1-4H3. The fourth-order valence-electron chi connectivity index (χ4n) is 3.61. The molecule has 2 aromatic carbocycles. The molecule has 0 aliphatic carbocycles. The third kappa shape index (κ3) is 4.94. The fourth-order valence-corrected chi connectivity index (χ4v) is 3.61. The molecule has 3 amide bonds. The van der Waals surface area contributed by atoms with Crippen molar-refractivity contribution < 1.29 is 9.59 Å². The highest BCUT2D eigenvalue weighted by atomic mass is 16.2. The Morgan fingerprint density at radius 1 is 1.23 bits per heavy atom. The second kappa shape index (κ2) is 9.75. The Labute approximate surface area is 183 Å². The number of para-hydroxylation sites is 1. The van der Waals surface area contributed by atoms with E-state index >= 15 is 0 Å². The molecule has 3 rings (SSSR count). The van der Waals surface area contributed by atoms with Crippen molar-refractivity contribution in [3.8, 4) is 0 Å². The first-order valence-corrected chi connectivity index (χ1v) is 10.6. The largest absolute Gasteiger partial charge is 0.331 e. The number of fused-ring (bicyclic) bond motifs is 1. The minimum absolute atomic E-state index is 0.257. The number of hydrogen-bond acceptors (Lipinski definition) is 4. The van der Waals surface area contributed by atoms with E-state index in [0.717, 1.165) is 51.5 Å². The summed E-state index contributed by atoms with van der Waals surface area (Å²) in [6.07, 6.45) is 1.52. The van der Waals surface area contributed by atoms with Gasteiger partial charge in [-0.25, -0.2) is 9.78 Å². The summed E-state index contributed by atoms with van der Waals surface area (Å²) in [7, 11) is 1.47. The smallest absolute Gasteiger partial charge is 0.326 e. The zero-order chi connectivity index (χ0) is 22.5. The Morgan fingerprint density at radius 3 is 2.61 bits per heavy atom. The number of aryl methyl sites for hydroxylation is 2. The predicted octanol–water partition coefficient (Wildman–Crippen LogP) is 4.06. The van der Waals surface area contributed by atoms with Crippen molar-refractivity contribution in [2.24, 2.45) is 11.7 Å². The molecule has 1 heterocycles. The summed E-state index contributed by atoms with van der Waals surface area (Å²) in [5.41, 5.74) is 10.4. The molecule has 0 radical (unpaired) electrons. The van der Waals surface area contributed by atoms with Crippen LogP contribution in [0.2, 0.25) is 0 Å². The van der Waals surface area contributed by atoms with Crippen molar-refractivity contribution in [2.75, 3.05) is 11.9 Å². The van der Waals surface area contributed by atoms with Crippen LogP contribution in [0.15, 0.2) is 42.5 Å². The highest BCUT2D eigenvalue weighted by molar-refractivity contribution is 5.97. The van der Waals surface area contributed by atoms with Crippen LogP contribution < -0.4 is 10.6 Å². The monoisotopic (exact) mass is 421 g/mol. The minimum atomic E-state index is -0.394. The van der Waals surface area contributed by atoms with E-state index in [-0.39, 0.29) is 6.54 Å². The van der Waals surface area contributed by atoms with Gasteiger partial charge in [-0.2, -0.15) is 0 Å². The van der Waals surface area contributed by atoms with E-state index in [1.807, 2.05) is 49.4 Å². The average Bonchev–Trinajstić information content (AvgIpc) is 3.11. The summed E-state index contributed by atoms with van der Waals surface area (Å²) in [5, 5.41) is 0. The lowest BCUT2D eigenvalue weighted by Gasteiger charge is -2.27. The number of imidazole rings is 1. The van der Waals surface area contributed by atoms with Gasteiger partial charge in [-0.15, -0.1) is 0 Å². The number of nitrogens with zero attached hydrogens (tertiary/aromatic N) is 4. The lowest BCUT2D eigenvalue weighted by atomic mass is 10.1. The molecule has 3 aromatic rings. The van der Waals surface area contributed by atoms with Crippen LogP contribution in [0.1, 0.15) is 37.2 Å². The summed E-state index contributed by atoms with van der Waals surface area (Å²) < 4.78 is 2.18. The number of anilines is 1. The molecule has 0 aliphatic heterocycles. The van der Waals surface area contributed by atoms with Gasteiger partial charge in [-0.05, 0) is 48.6 Å². The molecule has 2 N–H and O–H groups in total. The number of amides is 3. The van der Waals surface area contributed by atoms with Crippen LogP contribution in [0.3, 0.4) is 0 Å². The first-order valence-electron chi connectivity index (χ1n) is 10.6. The van der Waals surface area contributed by atoms with Gasteiger partial charge in [0, 0.05) is 25.8 Å². The molecule has 7 heteroatoms. The van der Waals surface area contributed by atoms with E-state index in [1.165, 1.54) is 7.05 Å². The summed E-state index contributed by atoms with van der Waals surface area (Å²) in [5.74, 6) is 1.31. The molecule has 0 atom stereocenters. The second-order valence-electron chi connectivity index (χ2n) is 8.26. The Bertz CT molecular complexity index is 1070. The molecule has 7 nitrogen and oxygen atoms in total. The number of urea groups is 1. The summed E-state index contributed by atoms with van der Waals surface area (Å²) in [4.78, 5) is 31.9. The van der Waals surface area contributed by atoms with Crippen molar-refractivity contribution in [1.29, 1.82) is 0 Å². The van der Waals surface area contributed by atoms with E-state index < -0.39 is 6.03 Å². The van der Waals surface area contributed by atoms with Crippen LogP contribution >= 0.6 is 0 Å². The van der Waals surface area contributed by atoms with E-state index in [1.54, 1.807) is 4.90 Å². The Morgan fingerprint density at radius 2 is 1.97 bits per heavy atom. The third-order valence-electron chi connectivity index (χ3n) is 5.45. The molecule has 0 saturated heterocycles. The Kier molecular flexibility index (Phi) is 7.07. The number of rotatable bonds is 8. The fraction of sp³-hybridized carbons (Fsp3) is 0.375. The average molecular weight is 422 g/mol. The highest BCUT2D eigenvalue weighted by Gasteiger charge is 2.24. The van der Waals surface area contributed by atoms with Crippen molar-refractivity contribution in [2.45, 2.75) is 46.8 Å². The lowest BCUT2D eigenvalue weighted by Crippen LogP contribution is -2.41. The van der Waals surface area contributed by atoms with Gasteiger partial charge in [-0.1, -0.05) is 38.1 Å². The molecule has 1 aromatic heterocycles. The number of nitrogens with two attached hydrogens (primary N) is 1. The molecule has 164 valence electrons. The first-order chi connectivity index (χ1) is 14.8. The quantitative estimate of drug-likeness (QED) is 0.556. The van der Waals surface area contributed by atoms with Crippen LogP contribution in [-0.4, -0.2) is 33.9 Å². The Balaban J connectivity index is 2.09. The number of benzene rings is 2. The van der Waals surface area contributed by atoms with Gasteiger partial charge < -0.3 is 10.3 Å². The van der Waals surface area contributed by atoms with Gasteiger partial charge in [0.05, 0.1) is 17.6 Å². The second-order valence-corrected chi connectivity index (χ2v) is 8.26. The van der Waals surface area contributed by atoms with E-state index in [4.69, 9.17) is 10.7 Å². The van der Waals surface area contributed by atoms with Crippen molar-refractivity contribution >= 4 is 29.2 Å². The van der Waals surface area contributed by atoms with E-state index in [9.17, 15) is 9.59 Å². The normalized spacial score (nSPS) is 11.2. The number of carbonyl (C=O) groups excluding carboxylic acids is 2. The molecule has 31 heavy (non-hydrogen) atoms. The van der Waals surface area contributed by atoms with Crippen molar-refractivity contribution in [3.63, 3.8) is 0 Å². The van der Waals surface area contributed by atoms with Crippen molar-refractivity contribution in [3.05, 3.63) is 59.4 Å². The molecule has 0 aliphatic rings. The number of carbonyl (C=O) groups is 2. The topological polar surface area (TPSA) is 84.5 Å². The molecule has 0 saturated carbocycles. The molecule has 0 fully saturated rings. The zero-order valence-electron chi connectivity index (χ0n) is 18.7. The Hall–Kier alpha value is -3.19. The number of aromatic nitrogens is 2. The first kappa shape index (κ1) is 22.5. The van der Waals surface area contributed by atoms with E-state index in [2.05, 4.69) is 18.4 Å². The van der Waals surface area contributed by atoms with Crippen LogP contribution in [0.5, 0.6) is 0 Å². The third-order valence-corrected chi connectivity index (χ3v) is 5.45. The molecular formula is C24H31N5O2. The summed E-state index contributed by atoms with van der Waals surface area (Å²) in [6.45, 7) is 7.83. The molecule has 0 spiro atoms. The van der Waals surface area contributed by atoms with Gasteiger partial charge in [0.15, 0.2) is 0 Å². The zero-order valence-corrected chi connectivity index (χ0v) is 18.7. The number of imide groups is 1. The van der Waals surface area contributed by atoms with Gasteiger partial charge in [0.2, 0.25) is 6.41 Å². The lowest BCUT2D eigenvalue weighted by molar-refractivity contribution is -0.114. The maximum absolute atomic E-state index is 13.1. The predicted molar refractivity (Wildman–Crippen MR) is 124 cm³/mol. The van der Waals surface area contributed by atoms with Gasteiger partial charge in [0.1, 0.15) is 5.82 Å². The summed E-state index contributed by atoms with van der Waals surface area (Å²) in [6, 6.07) is 13.3. The molecule has 0 unspecified atom stereocenters. The maximum atomic E-state index is 13.1. The van der Waals surface area contributed by atoms with Gasteiger partial charge in [0.25, 0.3) is 0 Å². The van der Waals surface area contributed by atoms with E-state index in [0.29, 0.717) is 18.9 Å². The maximum Gasteiger partial charge on any atom is 0.331 e. The van der Waals surface area contributed by atoms with Gasteiger partial charge >= 0.3 is 6.03 Å². The minimum Gasteiger partial charge on any atom is -0.326 e. The molecular weight excluding hydrogens is 390 g/mol. The van der Waals surface area contributed by atoms with Crippen LogP contribution in [0, 0.1) is 12.8 Å². The highest BCUT2D eigenvalue weighted by Crippen LogP contribution is 2.26. The molecule has 0 bridgehead atoms. The van der Waals surface area contributed by atoms with Gasteiger partial charge in [-0.3, -0.25) is 14.6 Å². The summed E-state index contributed by atoms with van der Waals surface area (Å²) >= 11 is 0. The van der Waals surface area contributed by atoms with Crippen LogP contribution in [0.4, 0.5) is 10.5 Å². The van der Waals surface area contributed by atoms with Crippen LogP contribution in [-0.2, 0) is 24.4 Å². The van der Waals surface area contributed by atoms with Crippen molar-refractivity contribution in [1.82, 2.24) is 14.5 Å². The SMILES string of the molecule is Cc1ccccc1N(Cc1nc2cc(CN)ccc2n1CCC(C)C)C(=O)N(C)C=O. The number of hydrogen-bond donors (Lipinski definition) is 1. The van der Waals surface area contributed by atoms with Crippen LogP contribution in [0.25, 0.3) is 11.0 Å².